The number of carbonyl (C=O) groups excluding carboxylic acids is 1. The average molecular weight is 324 g/mol. The minimum absolute atomic E-state index is 0.232. The summed E-state index contributed by atoms with van der Waals surface area (Å²) < 4.78 is 43.7. The molecule has 0 aliphatic heterocycles. The van der Waals surface area contributed by atoms with E-state index in [0.717, 1.165) is 11.6 Å². The van der Waals surface area contributed by atoms with Gasteiger partial charge in [-0.3, -0.25) is 15.6 Å². The predicted octanol–water partition coefficient (Wildman–Crippen LogP) is 3.54. The van der Waals surface area contributed by atoms with E-state index in [0.29, 0.717) is 5.75 Å². The number of nitrogens with one attached hydrogen (secondary N) is 2. The smallest absolute Gasteiger partial charge is 0.418 e. The van der Waals surface area contributed by atoms with Crippen LogP contribution in [0.25, 0.3) is 0 Å². The summed E-state index contributed by atoms with van der Waals surface area (Å²) in [6.45, 7) is 1.56. The fourth-order valence-corrected chi connectivity index (χ4v) is 1.87. The van der Waals surface area contributed by atoms with Crippen molar-refractivity contribution in [3.8, 4) is 5.75 Å². The molecule has 0 aromatic heterocycles. The van der Waals surface area contributed by atoms with Crippen molar-refractivity contribution in [1.82, 2.24) is 5.43 Å². The van der Waals surface area contributed by atoms with Crippen LogP contribution in [0.4, 0.5) is 18.9 Å². The Labute approximate surface area is 131 Å². The van der Waals surface area contributed by atoms with Crippen molar-refractivity contribution in [2.24, 2.45) is 0 Å². The first-order valence-electron chi connectivity index (χ1n) is 6.77. The maximum Gasteiger partial charge on any atom is 0.418 e. The van der Waals surface area contributed by atoms with E-state index < -0.39 is 17.6 Å². The maximum absolute atomic E-state index is 12.8. The summed E-state index contributed by atoms with van der Waals surface area (Å²) in [4.78, 5) is 11.7. The number of anilines is 1. The number of carbonyl (C=O) groups is 1. The number of alkyl halides is 3. The van der Waals surface area contributed by atoms with Gasteiger partial charge in [-0.25, -0.2) is 0 Å². The molecule has 0 saturated carbocycles. The highest BCUT2D eigenvalue weighted by atomic mass is 19.4. The zero-order chi connectivity index (χ0) is 16.9. The van der Waals surface area contributed by atoms with E-state index >= 15 is 0 Å². The fraction of sp³-hybridized carbons (Fsp3) is 0.188. The third-order valence-electron chi connectivity index (χ3n) is 2.93. The molecule has 0 bridgehead atoms. The second kappa shape index (κ2) is 7.04. The van der Waals surface area contributed by atoms with Crippen LogP contribution in [0.15, 0.2) is 48.5 Å². The summed E-state index contributed by atoms with van der Waals surface area (Å²) in [5.74, 6) is -0.0840. The number of hydrazine groups is 1. The van der Waals surface area contributed by atoms with E-state index in [-0.39, 0.29) is 12.3 Å². The highest BCUT2D eigenvalue weighted by molar-refractivity contribution is 5.79. The van der Waals surface area contributed by atoms with Crippen LogP contribution in [0.1, 0.15) is 11.1 Å². The van der Waals surface area contributed by atoms with Crippen molar-refractivity contribution < 1.29 is 22.7 Å². The summed E-state index contributed by atoms with van der Waals surface area (Å²) in [5.41, 5.74) is 4.33. The van der Waals surface area contributed by atoms with Gasteiger partial charge in [0.25, 0.3) is 5.91 Å². The quantitative estimate of drug-likeness (QED) is 0.827. The lowest BCUT2D eigenvalue weighted by atomic mass is 10.2. The van der Waals surface area contributed by atoms with Crippen molar-refractivity contribution in [1.29, 1.82) is 0 Å². The van der Waals surface area contributed by atoms with Gasteiger partial charge in [0.1, 0.15) is 5.75 Å². The summed E-state index contributed by atoms with van der Waals surface area (Å²) >= 11 is 0. The van der Waals surface area contributed by atoms with E-state index in [1.807, 2.05) is 13.0 Å². The molecule has 2 rings (SSSR count). The third-order valence-corrected chi connectivity index (χ3v) is 2.93. The number of hydrogen-bond donors (Lipinski definition) is 2. The fourth-order valence-electron chi connectivity index (χ4n) is 1.87. The van der Waals surface area contributed by atoms with Crippen LogP contribution in [0.3, 0.4) is 0 Å². The Kier molecular flexibility index (Phi) is 5.10. The number of benzene rings is 2. The molecule has 2 aromatic carbocycles. The molecule has 1 amide bonds. The topological polar surface area (TPSA) is 50.4 Å². The van der Waals surface area contributed by atoms with Crippen molar-refractivity contribution in [3.63, 3.8) is 0 Å². The van der Waals surface area contributed by atoms with E-state index in [1.54, 1.807) is 18.2 Å². The second-order valence-corrected chi connectivity index (χ2v) is 4.82. The van der Waals surface area contributed by atoms with Gasteiger partial charge in [0.05, 0.1) is 11.3 Å². The molecule has 0 aliphatic rings. The van der Waals surface area contributed by atoms with E-state index in [4.69, 9.17) is 4.74 Å². The molecule has 0 aliphatic carbocycles. The predicted molar refractivity (Wildman–Crippen MR) is 79.9 cm³/mol. The normalized spacial score (nSPS) is 11.0. The molecule has 0 unspecified atom stereocenters. The Morgan fingerprint density at radius 1 is 1.13 bits per heavy atom. The molecule has 2 aromatic rings. The van der Waals surface area contributed by atoms with Crippen LogP contribution in [0, 0.1) is 6.92 Å². The molecule has 0 heterocycles. The van der Waals surface area contributed by atoms with Gasteiger partial charge >= 0.3 is 6.18 Å². The molecule has 0 saturated heterocycles. The monoisotopic (exact) mass is 324 g/mol. The molecule has 4 nitrogen and oxygen atoms in total. The molecule has 23 heavy (non-hydrogen) atoms. The number of hydrogen-bond acceptors (Lipinski definition) is 3. The van der Waals surface area contributed by atoms with Gasteiger partial charge in [-0.15, -0.1) is 0 Å². The van der Waals surface area contributed by atoms with Crippen molar-refractivity contribution in [2.75, 3.05) is 12.0 Å². The Morgan fingerprint density at radius 3 is 2.57 bits per heavy atom. The van der Waals surface area contributed by atoms with Gasteiger partial charge in [-0.2, -0.15) is 13.2 Å². The average Bonchev–Trinajstić information content (AvgIpc) is 2.50. The first kappa shape index (κ1) is 16.7. The van der Waals surface area contributed by atoms with Crippen molar-refractivity contribution in [2.45, 2.75) is 13.1 Å². The zero-order valence-electron chi connectivity index (χ0n) is 12.3. The van der Waals surface area contributed by atoms with E-state index in [2.05, 4.69) is 10.9 Å². The molecular formula is C16H15F3N2O2. The highest BCUT2D eigenvalue weighted by Crippen LogP contribution is 2.34. The largest absolute Gasteiger partial charge is 0.484 e. The lowest BCUT2D eigenvalue weighted by Gasteiger charge is -2.15. The first-order valence-corrected chi connectivity index (χ1v) is 6.77. The molecule has 2 N–H and O–H groups in total. The van der Waals surface area contributed by atoms with Crippen LogP contribution >= 0.6 is 0 Å². The van der Waals surface area contributed by atoms with Gasteiger partial charge in [0.15, 0.2) is 6.61 Å². The minimum Gasteiger partial charge on any atom is -0.484 e. The molecule has 7 heteroatoms. The maximum atomic E-state index is 12.8. The Morgan fingerprint density at radius 2 is 1.87 bits per heavy atom. The van der Waals surface area contributed by atoms with Gasteiger partial charge < -0.3 is 4.74 Å². The summed E-state index contributed by atoms with van der Waals surface area (Å²) in [5, 5.41) is 0. The number of aryl methyl sites for hydroxylation is 1. The molecule has 122 valence electrons. The van der Waals surface area contributed by atoms with Gasteiger partial charge in [-0.1, -0.05) is 24.3 Å². The summed E-state index contributed by atoms with van der Waals surface area (Å²) in [7, 11) is 0. The highest BCUT2D eigenvalue weighted by Gasteiger charge is 2.33. The molecule has 0 atom stereocenters. The van der Waals surface area contributed by atoms with Crippen molar-refractivity contribution >= 4 is 11.6 Å². The first-order chi connectivity index (χ1) is 10.9. The van der Waals surface area contributed by atoms with E-state index in [1.165, 1.54) is 18.2 Å². The van der Waals surface area contributed by atoms with Crippen molar-refractivity contribution in [3.05, 3.63) is 59.7 Å². The standard InChI is InChI=1S/C16H15F3N2O2/c1-11-5-4-6-12(9-11)23-10-15(22)21-20-14-8-3-2-7-13(14)16(17,18)19/h2-9,20H,10H2,1H3,(H,21,22). The number of ether oxygens (including phenoxy) is 1. The minimum atomic E-state index is -4.51. The van der Waals surface area contributed by atoms with Gasteiger partial charge in [0.2, 0.25) is 0 Å². The summed E-state index contributed by atoms with van der Waals surface area (Å²) in [6, 6.07) is 12.0. The van der Waals surface area contributed by atoms with Crippen LogP contribution in [0.2, 0.25) is 0 Å². The molecular weight excluding hydrogens is 309 g/mol. The van der Waals surface area contributed by atoms with Crippen LogP contribution < -0.4 is 15.6 Å². The molecule has 0 radical (unpaired) electrons. The SMILES string of the molecule is Cc1cccc(OCC(=O)NNc2ccccc2C(F)(F)F)c1. The number of rotatable bonds is 5. The second-order valence-electron chi connectivity index (χ2n) is 4.82. The Balaban J connectivity index is 1.90. The lowest BCUT2D eigenvalue weighted by Crippen LogP contribution is -2.34. The zero-order valence-corrected chi connectivity index (χ0v) is 12.3. The number of para-hydroxylation sites is 1. The third kappa shape index (κ3) is 4.91. The Bertz CT molecular complexity index is 687. The van der Waals surface area contributed by atoms with Crippen LogP contribution in [-0.4, -0.2) is 12.5 Å². The van der Waals surface area contributed by atoms with Crippen LogP contribution in [-0.2, 0) is 11.0 Å². The van der Waals surface area contributed by atoms with Gasteiger partial charge in [0, 0.05) is 0 Å². The van der Waals surface area contributed by atoms with E-state index in [9.17, 15) is 18.0 Å². The molecule has 0 spiro atoms. The summed E-state index contributed by atoms with van der Waals surface area (Å²) in [6.07, 6.45) is -4.51. The number of amides is 1. The van der Waals surface area contributed by atoms with Gasteiger partial charge in [-0.05, 0) is 36.8 Å². The molecule has 0 fully saturated rings. The Hall–Kier alpha value is -2.70. The van der Waals surface area contributed by atoms with Crippen LogP contribution in [0.5, 0.6) is 5.75 Å². The number of halogens is 3. The lowest BCUT2D eigenvalue weighted by molar-refractivity contribution is -0.137.